The van der Waals surface area contributed by atoms with E-state index >= 15 is 0 Å². The molecule has 0 aliphatic heterocycles. The molecule has 1 atom stereocenters. The molecule has 0 saturated carbocycles. The number of carbonyl (C=O) groups is 1. The highest BCUT2D eigenvalue weighted by molar-refractivity contribution is 7.10. The molecule has 23 heavy (non-hydrogen) atoms. The predicted octanol–water partition coefficient (Wildman–Crippen LogP) is 3.00. The predicted molar refractivity (Wildman–Crippen MR) is 89.9 cm³/mol. The number of nitrogens with one attached hydrogen (secondary N) is 2. The third-order valence-electron chi connectivity index (χ3n) is 3.22. The number of nitrogens with zero attached hydrogens (tertiary/aromatic N) is 1. The van der Waals surface area contributed by atoms with E-state index in [-0.39, 0.29) is 23.2 Å². The molecule has 1 amide bonds. The molecule has 2 heterocycles. The topological polar surface area (TPSA) is 74.8 Å². The fourth-order valence-corrected chi connectivity index (χ4v) is 3.03. The van der Waals surface area contributed by atoms with Gasteiger partial charge in [-0.1, -0.05) is 29.8 Å². The van der Waals surface area contributed by atoms with Crippen molar-refractivity contribution in [2.24, 2.45) is 0 Å². The Labute approximate surface area is 140 Å². The van der Waals surface area contributed by atoms with Crippen molar-refractivity contribution in [2.45, 2.75) is 6.04 Å². The van der Waals surface area contributed by atoms with Crippen LogP contribution in [0.4, 0.5) is 0 Å². The number of H-pyrrole nitrogens is 1. The normalized spacial score (nSPS) is 11.9. The molecule has 2 aromatic heterocycles. The first-order valence-corrected chi connectivity index (χ1v) is 8.05. The van der Waals surface area contributed by atoms with Gasteiger partial charge in [-0.2, -0.15) is 5.10 Å². The molecule has 3 aromatic rings. The van der Waals surface area contributed by atoms with Crippen molar-refractivity contribution in [1.29, 1.82) is 0 Å². The monoisotopic (exact) mass is 345 g/mol. The smallest absolute Gasteiger partial charge is 0.272 e. The van der Waals surface area contributed by atoms with Crippen LogP contribution in [0.15, 0.2) is 58.7 Å². The molecule has 0 saturated heterocycles. The van der Waals surface area contributed by atoms with E-state index in [1.54, 1.807) is 23.5 Å². The number of rotatable bonds is 4. The second-order valence-corrected chi connectivity index (χ2v) is 6.20. The standard InChI is InChI=1S/C16H12ClN3O2S/c17-11-5-3-10(4-6-11)15(13-2-1-9-23-13)18-16(22)12-7-8-14(21)20-19-12/h1-9,15H,(H,18,22)(H,20,21)/t15-/m0/s1. The van der Waals surface area contributed by atoms with E-state index in [4.69, 9.17) is 11.6 Å². The zero-order valence-electron chi connectivity index (χ0n) is 11.8. The summed E-state index contributed by atoms with van der Waals surface area (Å²) in [6.07, 6.45) is 0. The molecule has 5 nitrogen and oxygen atoms in total. The van der Waals surface area contributed by atoms with Gasteiger partial charge in [0.1, 0.15) is 5.69 Å². The summed E-state index contributed by atoms with van der Waals surface area (Å²) in [7, 11) is 0. The van der Waals surface area contributed by atoms with Gasteiger partial charge in [0.05, 0.1) is 6.04 Å². The maximum Gasteiger partial charge on any atom is 0.272 e. The minimum absolute atomic E-state index is 0.153. The van der Waals surface area contributed by atoms with Crippen molar-refractivity contribution in [3.05, 3.63) is 85.4 Å². The Kier molecular flexibility index (Phi) is 4.55. The lowest BCUT2D eigenvalue weighted by Gasteiger charge is -2.18. The third kappa shape index (κ3) is 3.67. The largest absolute Gasteiger partial charge is 0.339 e. The average molecular weight is 346 g/mol. The zero-order chi connectivity index (χ0) is 16.2. The Morgan fingerprint density at radius 1 is 1.17 bits per heavy atom. The number of aromatic nitrogens is 2. The van der Waals surface area contributed by atoms with E-state index in [9.17, 15) is 9.59 Å². The Balaban J connectivity index is 1.90. The van der Waals surface area contributed by atoms with Crippen LogP contribution in [0.5, 0.6) is 0 Å². The molecule has 2 N–H and O–H groups in total. The number of halogens is 1. The van der Waals surface area contributed by atoms with Gasteiger partial charge in [0, 0.05) is 16.0 Å². The summed E-state index contributed by atoms with van der Waals surface area (Å²) in [4.78, 5) is 24.4. The number of hydrogen-bond donors (Lipinski definition) is 2. The Morgan fingerprint density at radius 3 is 2.57 bits per heavy atom. The quantitative estimate of drug-likeness (QED) is 0.763. The lowest BCUT2D eigenvalue weighted by atomic mass is 10.1. The summed E-state index contributed by atoms with van der Waals surface area (Å²) in [6, 6.07) is 13.5. The lowest BCUT2D eigenvalue weighted by molar-refractivity contribution is 0.0937. The molecule has 0 aliphatic carbocycles. The first-order valence-electron chi connectivity index (χ1n) is 6.79. The van der Waals surface area contributed by atoms with E-state index in [0.717, 1.165) is 10.4 Å². The van der Waals surface area contributed by atoms with Crippen molar-refractivity contribution >= 4 is 28.8 Å². The Bertz CT molecular complexity index is 839. The van der Waals surface area contributed by atoms with Crippen LogP contribution in [0.3, 0.4) is 0 Å². The van der Waals surface area contributed by atoms with Crippen molar-refractivity contribution in [3.63, 3.8) is 0 Å². The van der Waals surface area contributed by atoms with Crippen LogP contribution in [0.2, 0.25) is 5.02 Å². The number of amides is 1. The summed E-state index contributed by atoms with van der Waals surface area (Å²) >= 11 is 7.47. The Morgan fingerprint density at radius 2 is 1.96 bits per heavy atom. The molecule has 0 fully saturated rings. The van der Waals surface area contributed by atoms with Crippen LogP contribution < -0.4 is 10.9 Å². The molecule has 1 aromatic carbocycles. The molecular weight excluding hydrogens is 334 g/mol. The number of hydrogen-bond acceptors (Lipinski definition) is 4. The van der Waals surface area contributed by atoms with Crippen LogP contribution in [-0.4, -0.2) is 16.1 Å². The van der Waals surface area contributed by atoms with E-state index < -0.39 is 0 Å². The van der Waals surface area contributed by atoms with Gasteiger partial charge >= 0.3 is 0 Å². The van der Waals surface area contributed by atoms with E-state index in [1.165, 1.54) is 12.1 Å². The van der Waals surface area contributed by atoms with Gasteiger partial charge in [-0.25, -0.2) is 5.10 Å². The maximum atomic E-state index is 12.4. The number of carbonyl (C=O) groups excluding carboxylic acids is 1. The van der Waals surface area contributed by atoms with Crippen LogP contribution in [0.25, 0.3) is 0 Å². The van der Waals surface area contributed by atoms with Crippen molar-refractivity contribution in [1.82, 2.24) is 15.5 Å². The first kappa shape index (κ1) is 15.5. The van der Waals surface area contributed by atoms with Gasteiger partial charge in [-0.05, 0) is 35.2 Å². The number of aromatic amines is 1. The van der Waals surface area contributed by atoms with Gasteiger partial charge in [0.2, 0.25) is 0 Å². The SMILES string of the molecule is O=C(N[C@@H](c1ccc(Cl)cc1)c1cccs1)c1ccc(=O)[nH]n1. The minimum Gasteiger partial charge on any atom is -0.339 e. The second kappa shape index (κ2) is 6.76. The molecule has 3 rings (SSSR count). The van der Waals surface area contributed by atoms with E-state index in [2.05, 4.69) is 15.5 Å². The Hall–Kier alpha value is -2.44. The van der Waals surface area contributed by atoms with E-state index in [1.807, 2.05) is 29.6 Å². The van der Waals surface area contributed by atoms with Gasteiger partial charge in [-0.15, -0.1) is 11.3 Å². The first-order chi connectivity index (χ1) is 11.1. The molecular formula is C16H12ClN3O2S. The summed E-state index contributed by atoms with van der Waals surface area (Å²) in [6.45, 7) is 0. The van der Waals surface area contributed by atoms with Crippen molar-refractivity contribution in [2.75, 3.05) is 0 Å². The highest BCUT2D eigenvalue weighted by Crippen LogP contribution is 2.27. The second-order valence-electron chi connectivity index (χ2n) is 4.78. The fourth-order valence-electron chi connectivity index (χ4n) is 2.11. The molecule has 0 radical (unpaired) electrons. The highest BCUT2D eigenvalue weighted by Gasteiger charge is 2.19. The van der Waals surface area contributed by atoms with Crippen LogP contribution in [-0.2, 0) is 0 Å². The van der Waals surface area contributed by atoms with Crippen LogP contribution in [0.1, 0.15) is 27.0 Å². The number of thiophene rings is 1. The third-order valence-corrected chi connectivity index (χ3v) is 4.41. The van der Waals surface area contributed by atoms with E-state index in [0.29, 0.717) is 5.02 Å². The molecule has 7 heteroatoms. The molecule has 0 spiro atoms. The van der Waals surface area contributed by atoms with Crippen LogP contribution >= 0.6 is 22.9 Å². The van der Waals surface area contributed by atoms with Crippen LogP contribution in [0, 0.1) is 0 Å². The van der Waals surface area contributed by atoms with Gasteiger partial charge < -0.3 is 5.32 Å². The lowest BCUT2D eigenvalue weighted by Crippen LogP contribution is -2.30. The zero-order valence-corrected chi connectivity index (χ0v) is 13.4. The fraction of sp³-hybridized carbons (Fsp3) is 0.0625. The van der Waals surface area contributed by atoms with Gasteiger partial charge in [0.25, 0.3) is 11.5 Å². The summed E-state index contributed by atoms with van der Waals surface area (Å²) in [5.74, 6) is -0.366. The van der Waals surface area contributed by atoms with Crippen molar-refractivity contribution < 1.29 is 4.79 Å². The summed E-state index contributed by atoms with van der Waals surface area (Å²) in [5, 5.41) is 11.5. The molecule has 0 bridgehead atoms. The molecule has 116 valence electrons. The van der Waals surface area contributed by atoms with Gasteiger partial charge in [-0.3, -0.25) is 9.59 Å². The molecule has 0 unspecified atom stereocenters. The van der Waals surface area contributed by atoms with Crippen molar-refractivity contribution in [3.8, 4) is 0 Å². The maximum absolute atomic E-state index is 12.4. The average Bonchev–Trinajstić information content (AvgIpc) is 3.08. The summed E-state index contributed by atoms with van der Waals surface area (Å²) in [5.41, 5.74) is 0.712. The number of benzene rings is 1. The molecule has 0 aliphatic rings. The summed E-state index contributed by atoms with van der Waals surface area (Å²) < 4.78 is 0. The van der Waals surface area contributed by atoms with Gasteiger partial charge in [0.15, 0.2) is 0 Å². The minimum atomic E-state index is -0.366. The highest BCUT2D eigenvalue weighted by atomic mass is 35.5.